The lowest BCUT2D eigenvalue weighted by atomic mass is 9.85. The van der Waals surface area contributed by atoms with Gasteiger partial charge in [-0.1, -0.05) is 19.1 Å². The molecule has 1 N–H and O–H groups in total. The molecule has 124 valence electrons. The van der Waals surface area contributed by atoms with E-state index in [1.54, 1.807) is 18.3 Å². The highest BCUT2D eigenvalue weighted by molar-refractivity contribution is 6.10. The minimum atomic E-state index is -0.768. The number of nitrogens with zero attached hydrogens (tertiary/aromatic N) is 2. The van der Waals surface area contributed by atoms with Crippen LogP contribution in [0.1, 0.15) is 19.8 Å². The fraction of sp³-hybridized carbons (Fsp3) is 0.444. The standard InChI is InChI=1S/C18H19N3O3/c1-2-13(16(22)20-12-4-3-7-19-9-12)21-17(23)14-10-5-6-11(8-10)15(14)18(21)24/h3-7,9-11,13-15H,2,8H2,1H3,(H,20,22). The molecule has 5 atom stereocenters. The SMILES string of the molecule is CCC(C(=O)Nc1cccnc1)N1C(=O)C2C3C=CC(C3)C2C1=O. The molecule has 24 heavy (non-hydrogen) atoms. The minimum Gasteiger partial charge on any atom is -0.323 e. The lowest BCUT2D eigenvalue weighted by molar-refractivity contribution is -0.147. The Kier molecular flexibility index (Phi) is 3.48. The number of carbonyl (C=O) groups excluding carboxylic acids is 3. The van der Waals surface area contributed by atoms with Crippen LogP contribution in [0.4, 0.5) is 5.69 Å². The van der Waals surface area contributed by atoms with E-state index < -0.39 is 6.04 Å². The number of carbonyl (C=O) groups is 3. The summed E-state index contributed by atoms with van der Waals surface area (Å²) in [6, 6.07) is 2.68. The van der Waals surface area contributed by atoms with Gasteiger partial charge in [-0.05, 0) is 36.8 Å². The van der Waals surface area contributed by atoms with Crippen LogP contribution in [0.2, 0.25) is 0 Å². The molecule has 0 aromatic carbocycles. The third-order valence-electron chi connectivity index (χ3n) is 5.43. The predicted octanol–water partition coefficient (Wildman–Crippen LogP) is 1.61. The van der Waals surface area contributed by atoms with E-state index in [2.05, 4.69) is 22.5 Å². The van der Waals surface area contributed by atoms with E-state index in [-0.39, 0.29) is 41.4 Å². The van der Waals surface area contributed by atoms with Crippen molar-refractivity contribution in [2.75, 3.05) is 5.32 Å². The Labute approximate surface area is 139 Å². The van der Waals surface area contributed by atoms with Gasteiger partial charge in [0.05, 0.1) is 23.7 Å². The molecule has 2 heterocycles. The molecule has 1 aromatic rings. The molecular weight excluding hydrogens is 306 g/mol. The van der Waals surface area contributed by atoms with Gasteiger partial charge >= 0.3 is 0 Å². The number of anilines is 1. The maximum Gasteiger partial charge on any atom is 0.247 e. The molecule has 1 saturated heterocycles. The van der Waals surface area contributed by atoms with E-state index in [1.807, 2.05) is 6.92 Å². The number of likely N-dealkylation sites (tertiary alicyclic amines) is 1. The number of fused-ring (bicyclic) bond motifs is 5. The predicted molar refractivity (Wildman–Crippen MR) is 86.5 cm³/mol. The smallest absolute Gasteiger partial charge is 0.247 e. The maximum atomic E-state index is 12.8. The summed E-state index contributed by atoms with van der Waals surface area (Å²) < 4.78 is 0. The zero-order chi connectivity index (χ0) is 16.8. The first-order valence-corrected chi connectivity index (χ1v) is 8.38. The Morgan fingerprint density at radius 3 is 2.50 bits per heavy atom. The summed E-state index contributed by atoms with van der Waals surface area (Å²) in [5.74, 6) is -0.946. The van der Waals surface area contributed by atoms with Crippen molar-refractivity contribution in [1.29, 1.82) is 0 Å². The molecule has 1 aromatic heterocycles. The molecule has 0 radical (unpaired) electrons. The fourth-order valence-corrected chi connectivity index (χ4v) is 4.38. The molecule has 2 aliphatic carbocycles. The summed E-state index contributed by atoms with van der Waals surface area (Å²) in [7, 11) is 0. The van der Waals surface area contributed by atoms with E-state index in [1.165, 1.54) is 11.1 Å². The quantitative estimate of drug-likeness (QED) is 0.674. The van der Waals surface area contributed by atoms with Crippen LogP contribution in [0.5, 0.6) is 0 Å². The Bertz CT molecular complexity index is 700. The number of hydrogen-bond donors (Lipinski definition) is 1. The number of aromatic nitrogens is 1. The highest BCUT2D eigenvalue weighted by atomic mass is 16.2. The van der Waals surface area contributed by atoms with Crippen LogP contribution in [0, 0.1) is 23.7 Å². The van der Waals surface area contributed by atoms with Crippen LogP contribution in [-0.4, -0.2) is 33.6 Å². The Morgan fingerprint density at radius 2 is 1.96 bits per heavy atom. The zero-order valence-electron chi connectivity index (χ0n) is 13.4. The third-order valence-corrected chi connectivity index (χ3v) is 5.43. The van der Waals surface area contributed by atoms with Crippen LogP contribution < -0.4 is 5.32 Å². The molecule has 3 amide bonds. The summed E-state index contributed by atoms with van der Waals surface area (Å²) in [6.07, 6.45) is 8.54. The first-order chi connectivity index (χ1) is 11.6. The van der Waals surface area contributed by atoms with Crippen molar-refractivity contribution in [3.05, 3.63) is 36.7 Å². The van der Waals surface area contributed by atoms with Gasteiger partial charge in [-0.2, -0.15) is 0 Å². The fourth-order valence-electron chi connectivity index (χ4n) is 4.38. The number of rotatable bonds is 4. The molecule has 2 fully saturated rings. The van der Waals surface area contributed by atoms with E-state index in [0.29, 0.717) is 12.1 Å². The average molecular weight is 325 g/mol. The molecule has 1 aliphatic heterocycles. The van der Waals surface area contributed by atoms with Crippen molar-refractivity contribution in [2.45, 2.75) is 25.8 Å². The van der Waals surface area contributed by atoms with Gasteiger partial charge in [-0.15, -0.1) is 0 Å². The average Bonchev–Trinajstić information content (AvgIpc) is 3.26. The van der Waals surface area contributed by atoms with Crippen molar-refractivity contribution in [2.24, 2.45) is 23.7 Å². The van der Waals surface area contributed by atoms with Crippen molar-refractivity contribution >= 4 is 23.4 Å². The second-order valence-corrected chi connectivity index (χ2v) is 6.70. The van der Waals surface area contributed by atoms with Crippen molar-refractivity contribution in [3.63, 3.8) is 0 Å². The first kappa shape index (κ1) is 15.1. The number of pyridine rings is 1. The molecule has 2 bridgehead atoms. The summed E-state index contributed by atoms with van der Waals surface area (Å²) in [5.41, 5.74) is 0.557. The van der Waals surface area contributed by atoms with Gasteiger partial charge in [0, 0.05) is 6.20 Å². The van der Waals surface area contributed by atoms with E-state index in [4.69, 9.17) is 0 Å². The van der Waals surface area contributed by atoms with Gasteiger partial charge in [0.1, 0.15) is 6.04 Å². The number of nitrogens with one attached hydrogen (secondary N) is 1. The molecule has 3 aliphatic rings. The van der Waals surface area contributed by atoms with Crippen LogP contribution >= 0.6 is 0 Å². The first-order valence-electron chi connectivity index (χ1n) is 8.38. The van der Waals surface area contributed by atoms with E-state index in [9.17, 15) is 14.4 Å². The highest BCUT2D eigenvalue weighted by Gasteiger charge is 2.60. The monoisotopic (exact) mass is 325 g/mol. The lowest BCUT2D eigenvalue weighted by Gasteiger charge is -2.26. The van der Waals surface area contributed by atoms with Crippen molar-refractivity contribution in [3.8, 4) is 0 Å². The molecule has 1 saturated carbocycles. The molecule has 0 spiro atoms. The van der Waals surface area contributed by atoms with Gasteiger partial charge in [-0.3, -0.25) is 24.3 Å². The molecule has 6 nitrogen and oxygen atoms in total. The normalized spacial score (nSPS) is 31.5. The van der Waals surface area contributed by atoms with Gasteiger partial charge in [-0.25, -0.2) is 0 Å². The number of imide groups is 1. The second-order valence-electron chi connectivity index (χ2n) is 6.70. The summed E-state index contributed by atoms with van der Waals surface area (Å²) in [6.45, 7) is 1.81. The third kappa shape index (κ3) is 2.09. The number of hydrogen-bond acceptors (Lipinski definition) is 4. The minimum absolute atomic E-state index is 0.153. The van der Waals surface area contributed by atoms with Gasteiger partial charge < -0.3 is 5.32 Å². The number of allylic oxidation sites excluding steroid dienone is 2. The van der Waals surface area contributed by atoms with E-state index >= 15 is 0 Å². The molecule has 5 unspecified atom stereocenters. The lowest BCUT2D eigenvalue weighted by Crippen LogP contribution is -2.48. The Balaban J connectivity index is 1.56. The summed E-state index contributed by atoms with van der Waals surface area (Å²) in [4.78, 5) is 43.4. The molecular formula is C18H19N3O3. The molecule has 6 heteroatoms. The van der Waals surface area contributed by atoms with Gasteiger partial charge in [0.15, 0.2) is 0 Å². The largest absolute Gasteiger partial charge is 0.323 e. The number of amides is 3. The van der Waals surface area contributed by atoms with Crippen LogP contribution in [-0.2, 0) is 14.4 Å². The summed E-state index contributed by atoms with van der Waals surface area (Å²) >= 11 is 0. The van der Waals surface area contributed by atoms with Gasteiger partial charge in [0.25, 0.3) is 0 Å². The molecule has 4 rings (SSSR count). The van der Waals surface area contributed by atoms with E-state index in [0.717, 1.165) is 6.42 Å². The topological polar surface area (TPSA) is 79.4 Å². The zero-order valence-corrected chi connectivity index (χ0v) is 13.4. The Morgan fingerprint density at radius 1 is 1.29 bits per heavy atom. The van der Waals surface area contributed by atoms with Crippen LogP contribution in [0.15, 0.2) is 36.7 Å². The Hall–Kier alpha value is -2.50. The highest BCUT2D eigenvalue weighted by Crippen LogP contribution is 2.52. The van der Waals surface area contributed by atoms with Crippen molar-refractivity contribution < 1.29 is 14.4 Å². The van der Waals surface area contributed by atoms with Gasteiger partial charge in [0.2, 0.25) is 17.7 Å². The van der Waals surface area contributed by atoms with Crippen LogP contribution in [0.25, 0.3) is 0 Å². The second kappa shape index (κ2) is 5.54. The summed E-state index contributed by atoms with van der Waals surface area (Å²) in [5, 5.41) is 2.75. The van der Waals surface area contributed by atoms with Crippen LogP contribution in [0.3, 0.4) is 0 Å². The van der Waals surface area contributed by atoms with Crippen molar-refractivity contribution in [1.82, 2.24) is 9.88 Å². The maximum absolute atomic E-state index is 12.8.